The zero-order chi connectivity index (χ0) is 26.1. The van der Waals surface area contributed by atoms with Crippen molar-refractivity contribution in [2.24, 2.45) is 11.1 Å². The van der Waals surface area contributed by atoms with Gasteiger partial charge in [0.15, 0.2) is 0 Å². The number of benzene rings is 2. The van der Waals surface area contributed by atoms with Crippen LogP contribution in [-0.2, 0) is 25.6 Å². The Morgan fingerprint density at radius 1 is 1.06 bits per heavy atom. The van der Waals surface area contributed by atoms with Gasteiger partial charge in [-0.2, -0.15) is 0 Å². The molecule has 0 aliphatic carbocycles. The molecule has 0 aromatic heterocycles. The van der Waals surface area contributed by atoms with Crippen LogP contribution >= 0.6 is 11.6 Å². The fraction of sp³-hybridized carbons (Fsp3) is 0.360. The van der Waals surface area contributed by atoms with Crippen LogP contribution in [-0.4, -0.2) is 62.1 Å². The van der Waals surface area contributed by atoms with Gasteiger partial charge in [0.1, 0.15) is 6.61 Å². The monoisotopic (exact) mass is 516 g/mol. The summed E-state index contributed by atoms with van der Waals surface area (Å²) >= 11 is 6.20. The number of hydrogen-bond acceptors (Lipinski definition) is 7. The third kappa shape index (κ3) is 6.73. The number of carbonyl (C=O) groups excluding carboxylic acids is 4. The van der Waals surface area contributed by atoms with Crippen LogP contribution in [0.25, 0.3) is 0 Å². The summed E-state index contributed by atoms with van der Waals surface area (Å²) in [5.41, 5.74) is 5.95. The van der Waals surface area contributed by atoms with E-state index in [9.17, 15) is 19.2 Å². The summed E-state index contributed by atoms with van der Waals surface area (Å²) in [6, 6.07) is 13.3. The second-order valence-corrected chi connectivity index (χ2v) is 8.82. The van der Waals surface area contributed by atoms with Gasteiger partial charge >= 0.3 is 12.1 Å². The van der Waals surface area contributed by atoms with Crippen molar-refractivity contribution in [3.63, 3.8) is 0 Å². The minimum Gasteiger partial charge on any atom is -0.465 e. The molecule has 0 atom stereocenters. The molecule has 4 N–H and O–H groups in total. The first kappa shape index (κ1) is 27.0. The third-order valence-corrected chi connectivity index (χ3v) is 6.53. The lowest BCUT2D eigenvalue weighted by atomic mass is 9.78. The number of nitrogens with one attached hydrogen (secondary N) is 2. The van der Waals surface area contributed by atoms with Gasteiger partial charge in [-0.15, -0.1) is 0 Å². The number of piperidine rings is 1. The third-order valence-electron chi connectivity index (χ3n) is 6.16. The van der Waals surface area contributed by atoms with E-state index in [4.69, 9.17) is 22.1 Å². The van der Waals surface area contributed by atoms with Gasteiger partial charge in [-0.3, -0.25) is 14.9 Å². The Bertz CT molecular complexity index is 1100. The fourth-order valence-electron chi connectivity index (χ4n) is 3.92. The van der Waals surface area contributed by atoms with E-state index in [1.165, 1.54) is 31.4 Å². The molecule has 11 heteroatoms. The Kier molecular flexibility index (Phi) is 9.26. The van der Waals surface area contributed by atoms with Crippen molar-refractivity contribution < 1.29 is 28.7 Å². The van der Waals surface area contributed by atoms with Gasteiger partial charge in [-0.1, -0.05) is 29.8 Å². The minimum absolute atomic E-state index is 0.112. The molecule has 0 saturated carbocycles. The van der Waals surface area contributed by atoms with E-state index in [-0.39, 0.29) is 31.5 Å². The number of rotatable bonds is 8. The molecule has 0 radical (unpaired) electrons. The Morgan fingerprint density at radius 2 is 1.72 bits per heavy atom. The lowest BCUT2D eigenvalue weighted by Gasteiger charge is -2.40. The molecule has 3 amide bonds. The van der Waals surface area contributed by atoms with E-state index in [1.54, 1.807) is 17.0 Å². The largest absolute Gasteiger partial charge is 0.465 e. The summed E-state index contributed by atoms with van der Waals surface area (Å²) in [4.78, 5) is 51.0. The van der Waals surface area contributed by atoms with Crippen molar-refractivity contribution in [2.45, 2.75) is 19.4 Å². The summed E-state index contributed by atoms with van der Waals surface area (Å²) in [6.45, 7) is 0.549. The van der Waals surface area contributed by atoms with Crippen LogP contribution in [0.2, 0.25) is 5.02 Å². The van der Waals surface area contributed by atoms with Crippen LogP contribution in [0, 0.1) is 5.41 Å². The highest BCUT2D eigenvalue weighted by atomic mass is 35.5. The van der Waals surface area contributed by atoms with Gasteiger partial charge in [0, 0.05) is 30.3 Å². The normalized spacial score (nSPS) is 14.5. The zero-order valence-corrected chi connectivity index (χ0v) is 20.7. The fourth-order valence-corrected chi connectivity index (χ4v) is 4.12. The maximum Gasteiger partial charge on any atom is 0.411 e. The molecule has 1 aliphatic rings. The average Bonchev–Trinajstić information content (AvgIpc) is 2.91. The number of anilines is 1. The quantitative estimate of drug-likeness (QED) is 0.458. The molecule has 0 spiro atoms. The van der Waals surface area contributed by atoms with Crippen LogP contribution in [0.5, 0.6) is 0 Å². The van der Waals surface area contributed by atoms with Gasteiger partial charge in [-0.25, -0.2) is 9.59 Å². The number of hydrogen-bond donors (Lipinski definition) is 3. The summed E-state index contributed by atoms with van der Waals surface area (Å²) in [5.74, 6) is -0.986. The van der Waals surface area contributed by atoms with Crippen LogP contribution in [0.3, 0.4) is 0 Å². The summed E-state index contributed by atoms with van der Waals surface area (Å²) < 4.78 is 10.1. The number of nitrogens with zero attached hydrogens (tertiary/aromatic N) is 1. The molecule has 2 aromatic rings. The number of amides is 3. The lowest BCUT2D eigenvalue weighted by molar-refractivity contribution is -0.142. The van der Waals surface area contributed by atoms with E-state index in [0.29, 0.717) is 42.2 Å². The molecule has 10 nitrogen and oxygen atoms in total. The van der Waals surface area contributed by atoms with E-state index >= 15 is 0 Å². The lowest BCUT2D eigenvalue weighted by Crippen LogP contribution is -2.53. The van der Waals surface area contributed by atoms with E-state index in [1.807, 2.05) is 12.1 Å². The highest BCUT2D eigenvalue weighted by Gasteiger charge is 2.43. The molecular weight excluding hydrogens is 488 g/mol. The van der Waals surface area contributed by atoms with Crippen molar-refractivity contribution in [1.82, 2.24) is 10.2 Å². The Morgan fingerprint density at radius 3 is 2.33 bits per heavy atom. The van der Waals surface area contributed by atoms with E-state index in [2.05, 4.69) is 15.4 Å². The van der Waals surface area contributed by atoms with Crippen LogP contribution < -0.4 is 16.4 Å². The van der Waals surface area contributed by atoms with E-state index < -0.39 is 17.5 Å². The van der Waals surface area contributed by atoms with Crippen molar-refractivity contribution in [1.29, 1.82) is 0 Å². The van der Waals surface area contributed by atoms with Gasteiger partial charge < -0.3 is 25.4 Å². The van der Waals surface area contributed by atoms with Crippen LogP contribution in [0.4, 0.5) is 10.5 Å². The second-order valence-electron chi connectivity index (χ2n) is 8.41. The number of likely N-dealkylation sites (tertiary alicyclic amines) is 1. The van der Waals surface area contributed by atoms with Crippen molar-refractivity contribution in [3.05, 3.63) is 64.7 Å². The second kappa shape index (κ2) is 12.4. The van der Waals surface area contributed by atoms with E-state index in [0.717, 1.165) is 5.56 Å². The molecule has 36 heavy (non-hydrogen) atoms. The van der Waals surface area contributed by atoms with Gasteiger partial charge in [-0.05, 0) is 48.7 Å². The summed E-state index contributed by atoms with van der Waals surface area (Å²) in [6.07, 6.45) is -0.151. The number of nitrogens with two attached hydrogens (primary N) is 1. The molecular formula is C25H29ClN4O6. The SMILES string of the molecule is COC(=O)c1ccc(NC(=O)OCC2(C(=O)NCc3ccccc3Cl)CCN(C(=O)CN)CC2)cc1. The van der Waals surface area contributed by atoms with Gasteiger partial charge in [0.2, 0.25) is 11.8 Å². The molecule has 192 valence electrons. The first-order valence-corrected chi connectivity index (χ1v) is 11.8. The molecule has 2 aromatic carbocycles. The summed E-state index contributed by atoms with van der Waals surface area (Å²) in [5, 5.41) is 6.01. The number of esters is 1. The molecule has 0 bridgehead atoms. The van der Waals surface area contributed by atoms with Gasteiger partial charge in [0.05, 0.1) is 24.6 Å². The van der Waals surface area contributed by atoms with Crippen molar-refractivity contribution in [2.75, 3.05) is 38.7 Å². The molecule has 3 rings (SSSR count). The Balaban J connectivity index is 1.65. The zero-order valence-electron chi connectivity index (χ0n) is 19.9. The highest BCUT2D eigenvalue weighted by Crippen LogP contribution is 2.33. The average molecular weight is 517 g/mol. The molecule has 0 unspecified atom stereocenters. The number of halogens is 1. The first-order valence-electron chi connectivity index (χ1n) is 11.4. The minimum atomic E-state index is -1.03. The topological polar surface area (TPSA) is 140 Å². The molecule has 1 fully saturated rings. The summed E-state index contributed by atoms with van der Waals surface area (Å²) in [7, 11) is 1.28. The highest BCUT2D eigenvalue weighted by molar-refractivity contribution is 6.31. The van der Waals surface area contributed by atoms with Crippen LogP contribution in [0.1, 0.15) is 28.8 Å². The first-order chi connectivity index (χ1) is 17.3. The number of ether oxygens (including phenoxy) is 2. The Labute approximate surface area is 214 Å². The predicted octanol–water partition coefficient (Wildman–Crippen LogP) is 2.56. The molecule has 1 heterocycles. The molecule has 1 saturated heterocycles. The Hall–Kier alpha value is -3.63. The molecule has 1 aliphatic heterocycles. The smallest absolute Gasteiger partial charge is 0.411 e. The number of carbonyl (C=O) groups is 4. The number of methoxy groups -OCH3 is 1. The van der Waals surface area contributed by atoms with Crippen molar-refractivity contribution >= 4 is 41.2 Å². The maximum atomic E-state index is 13.3. The maximum absolute atomic E-state index is 13.3. The predicted molar refractivity (Wildman–Crippen MR) is 133 cm³/mol. The van der Waals surface area contributed by atoms with Crippen molar-refractivity contribution in [3.8, 4) is 0 Å². The standard InChI is InChI=1S/C25H29ClN4O6/c1-35-22(32)17-6-8-19(9-7-17)29-24(34)36-16-25(10-12-30(13-11-25)21(31)14-27)23(33)28-15-18-4-2-3-5-20(18)26/h2-9H,10-16,27H2,1H3,(H,28,33)(H,29,34). The van der Waals surface area contributed by atoms with Gasteiger partial charge in [0.25, 0.3) is 0 Å². The van der Waals surface area contributed by atoms with Crippen LogP contribution in [0.15, 0.2) is 48.5 Å².